The average molecular weight is 146 g/mol. The minimum atomic E-state index is 0.983. The standard InChI is InChI=1S/C8H19P/c1-4-6-7-9-8(3)5-2/h8-9H,4-7H2,1-3H3. The third-order valence-electron chi connectivity index (χ3n) is 1.64. The van der Waals surface area contributed by atoms with Crippen molar-refractivity contribution in [3.63, 3.8) is 0 Å². The highest BCUT2D eigenvalue weighted by molar-refractivity contribution is 7.38. The van der Waals surface area contributed by atoms with Gasteiger partial charge in [0.25, 0.3) is 0 Å². The second-order valence-corrected chi connectivity index (χ2v) is 4.51. The maximum Gasteiger partial charge on any atom is -0.0268 e. The minimum Gasteiger partial charge on any atom is -0.119 e. The summed E-state index contributed by atoms with van der Waals surface area (Å²) in [5.41, 5.74) is 0.983. The summed E-state index contributed by atoms with van der Waals surface area (Å²) in [5.74, 6) is 0. The highest BCUT2D eigenvalue weighted by Gasteiger charge is 1.95. The van der Waals surface area contributed by atoms with Gasteiger partial charge in [-0.1, -0.05) is 27.2 Å². The Kier molecular flexibility index (Phi) is 6.86. The van der Waals surface area contributed by atoms with Gasteiger partial charge in [0.1, 0.15) is 0 Å². The van der Waals surface area contributed by atoms with Gasteiger partial charge in [-0.2, -0.15) is 0 Å². The number of hydrogen-bond acceptors (Lipinski definition) is 0. The van der Waals surface area contributed by atoms with Gasteiger partial charge in [0.05, 0.1) is 0 Å². The van der Waals surface area contributed by atoms with Crippen LogP contribution in [0.15, 0.2) is 0 Å². The van der Waals surface area contributed by atoms with E-state index < -0.39 is 0 Å². The Labute approximate surface area is 61.2 Å². The summed E-state index contributed by atoms with van der Waals surface area (Å²) in [4.78, 5) is 0. The predicted octanol–water partition coefficient (Wildman–Crippen LogP) is 3.26. The fourth-order valence-electron chi connectivity index (χ4n) is 0.670. The molecule has 0 aliphatic carbocycles. The zero-order valence-electron chi connectivity index (χ0n) is 6.91. The molecule has 0 aromatic heterocycles. The molecule has 2 unspecified atom stereocenters. The van der Waals surface area contributed by atoms with Crippen LogP contribution in [0.4, 0.5) is 0 Å². The van der Waals surface area contributed by atoms with Crippen molar-refractivity contribution in [2.24, 2.45) is 0 Å². The number of unbranched alkanes of at least 4 members (excludes halogenated alkanes) is 1. The van der Waals surface area contributed by atoms with Crippen LogP contribution >= 0.6 is 8.58 Å². The summed E-state index contributed by atoms with van der Waals surface area (Å²) in [5, 5.41) is 0. The van der Waals surface area contributed by atoms with Gasteiger partial charge in [-0.05, 0) is 24.7 Å². The molecule has 1 heteroatoms. The van der Waals surface area contributed by atoms with E-state index in [1.165, 1.54) is 34.0 Å². The largest absolute Gasteiger partial charge is 0.119 e. The van der Waals surface area contributed by atoms with Gasteiger partial charge in [-0.15, -0.1) is 8.58 Å². The van der Waals surface area contributed by atoms with E-state index in [-0.39, 0.29) is 0 Å². The topological polar surface area (TPSA) is 0 Å². The fraction of sp³-hybridized carbons (Fsp3) is 1.00. The molecule has 0 aromatic carbocycles. The molecule has 0 saturated heterocycles. The molecular weight excluding hydrogens is 127 g/mol. The quantitative estimate of drug-likeness (QED) is 0.412. The van der Waals surface area contributed by atoms with Gasteiger partial charge >= 0.3 is 0 Å². The van der Waals surface area contributed by atoms with Crippen molar-refractivity contribution in [3.05, 3.63) is 0 Å². The van der Waals surface area contributed by atoms with E-state index in [4.69, 9.17) is 0 Å². The van der Waals surface area contributed by atoms with E-state index in [0.717, 1.165) is 5.66 Å². The predicted molar refractivity (Wildman–Crippen MR) is 47.8 cm³/mol. The smallest absolute Gasteiger partial charge is 0.0268 e. The van der Waals surface area contributed by atoms with E-state index in [2.05, 4.69) is 20.8 Å². The average Bonchev–Trinajstić information content (AvgIpc) is 1.89. The lowest BCUT2D eigenvalue weighted by atomic mass is 10.4. The van der Waals surface area contributed by atoms with Gasteiger partial charge in [0, 0.05) is 0 Å². The van der Waals surface area contributed by atoms with Crippen molar-refractivity contribution >= 4 is 8.58 Å². The molecule has 0 nitrogen and oxygen atoms in total. The summed E-state index contributed by atoms with van der Waals surface area (Å²) in [6.07, 6.45) is 5.62. The maximum atomic E-state index is 2.36. The Balaban J connectivity index is 2.88. The van der Waals surface area contributed by atoms with Crippen LogP contribution in [-0.2, 0) is 0 Å². The lowest BCUT2D eigenvalue weighted by Gasteiger charge is -2.06. The van der Waals surface area contributed by atoms with Crippen LogP contribution < -0.4 is 0 Å². The first kappa shape index (κ1) is 9.43. The van der Waals surface area contributed by atoms with E-state index in [1.807, 2.05) is 0 Å². The summed E-state index contributed by atoms with van der Waals surface area (Å²) in [6, 6.07) is 0. The second kappa shape index (κ2) is 6.55. The Morgan fingerprint density at radius 3 is 2.44 bits per heavy atom. The number of rotatable bonds is 5. The SMILES string of the molecule is CCCCPC(C)CC. The van der Waals surface area contributed by atoms with Gasteiger partial charge in [0.2, 0.25) is 0 Å². The van der Waals surface area contributed by atoms with E-state index in [9.17, 15) is 0 Å². The monoisotopic (exact) mass is 146 g/mol. The van der Waals surface area contributed by atoms with Crippen LogP contribution in [0, 0.1) is 0 Å². The molecular formula is C8H19P. The highest BCUT2D eigenvalue weighted by Crippen LogP contribution is 2.22. The molecule has 0 N–H and O–H groups in total. The molecule has 0 heterocycles. The molecule has 0 fully saturated rings. The van der Waals surface area contributed by atoms with Gasteiger partial charge in [-0.25, -0.2) is 0 Å². The van der Waals surface area contributed by atoms with Crippen molar-refractivity contribution in [1.82, 2.24) is 0 Å². The fourth-order valence-corrected chi connectivity index (χ4v) is 2.01. The van der Waals surface area contributed by atoms with E-state index in [1.54, 1.807) is 0 Å². The van der Waals surface area contributed by atoms with Crippen LogP contribution in [0.3, 0.4) is 0 Å². The summed E-state index contributed by atoms with van der Waals surface area (Å²) >= 11 is 0. The normalized spacial score (nSPS) is 15.0. The van der Waals surface area contributed by atoms with Crippen molar-refractivity contribution in [2.75, 3.05) is 6.16 Å². The first-order valence-corrected chi connectivity index (χ1v) is 5.33. The van der Waals surface area contributed by atoms with Gasteiger partial charge in [-0.3, -0.25) is 0 Å². The van der Waals surface area contributed by atoms with Crippen LogP contribution in [0.1, 0.15) is 40.0 Å². The Bertz CT molecular complexity index is 52.5. The molecule has 2 atom stereocenters. The molecule has 0 radical (unpaired) electrons. The lowest BCUT2D eigenvalue weighted by Crippen LogP contribution is -1.90. The number of hydrogen-bond donors (Lipinski definition) is 0. The molecule has 0 rings (SSSR count). The van der Waals surface area contributed by atoms with Gasteiger partial charge < -0.3 is 0 Å². The van der Waals surface area contributed by atoms with Crippen LogP contribution in [0.2, 0.25) is 0 Å². The van der Waals surface area contributed by atoms with Crippen LogP contribution in [0.25, 0.3) is 0 Å². The first-order valence-electron chi connectivity index (χ1n) is 4.04. The maximum absolute atomic E-state index is 2.36. The minimum absolute atomic E-state index is 0.983. The zero-order valence-corrected chi connectivity index (χ0v) is 7.91. The Morgan fingerprint density at radius 2 is 2.00 bits per heavy atom. The van der Waals surface area contributed by atoms with Crippen molar-refractivity contribution < 1.29 is 0 Å². The van der Waals surface area contributed by atoms with Crippen LogP contribution in [-0.4, -0.2) is 11.8 Å². The van der Waals surface area contributed by atoms with Crippen molar-refractivity contribution in [2.45, 2.75) is 45.7 Å². The molecule has 0 aliphatic heterocycles. The molecule has 56 valence electrons. The zero-order chi connectivity index (χ0) is 7.11. The summed E-state index contributed by atoms with van der Waals surface area (Å²) in [6.45, 7) is 6.90. The summed E-state index contributed by atoms with van der Waals surface area (Å²) < 4.78 is 0. The van der Waals surface area contributed by atoms with Crippen molar-refractivity contribution in [1.29, 1.82) is 0 Å². The van der Waals surface area contributed by atoms with Crippen molar-refractivity contribution in [3.8, 4) is 0 Å². The van der Waals surface area contributed by atoms with Crippen LogP contribution in [0.5, 0.6) is 0 Å². The Morgan fingerprint density at radius 1 is 1.33 bits per heavy atom. The third kappa shape index (κ3) is 6.31. The molecule has 0 aromatic rings. The van der Waals surface area contributed by atoms with Gasteiger partial charge in [0.15, 0.2) is 0 Å². The molecule has 0 amide bonds. The molecule has 0 spiro atoms. The molecule has 0 bridgehead atoms. The first-order chi connectivity index (χ1) is 4.31. The summed E-state index contributed by atoms with van der Waals surface area (Å²) in [7, 11) is 1.21. The van der Waals surface area contributed by atoms with E-state index in [0.29, 0.717) is 0 Å². The third-order valence-corrected chi connectivity index (χ3v) is 3.38. The lowest BCUT2D eigenvalue weighted by molar-refractivity contribution is 0.865. The molecule has 0 aliphatic rings. The molecule has 9 heavy (non-hydrogen) atoms. The van der Waals surface area contributed by atoms with E-state index >= 15 is 0 Å². The highest BCUT2D eigenvalue weighted by atomic mass is 31.1. The molecule has 0 saturated carbocycles. The Hall–Kier alpha value is 0.430. The second-order valence-electron chi connectivity index (χ2n) is 2.62.